The molecule has 0 spiro atoms. The number of nitrogens with zero attached hydrogens (tertiary/aromatic N) is 2. The van der Waals surface area contributed by atoms with Gasteiger partial charge in [-0.1, -0.05) is 35.3 Å². The van der Waals surface area contributed by atoms with Gasteiger partial charge in [0.05, 0.1) is 21.3 Å². The van der Waals surface area contributed by atoms with E-state index in [1.165, 1.54) is 12.3 Å². The zero-order valence-electron chi connectivity index (χ0n) is 11.2. The monoisotopic (exact) mass is 332 g/mol. The smallest absolute Gasteiger partial charge is 0.337 e. The van der Waals surface area contributed by atoms with Gasteiger partial charge < -0.3 is 9.67 Å². The quantitative estimate of drug-likeness (QED) is 0.765. The van der Waals surface area contributed by atoms with Crippen LogP contribution < -0.4 is 0 Å². The topological polar surface area (TPSA) is 55.1 Å². The Hall–Kier alpha value is -2.30. The average Bonchev–Trinajstić information content (AvgIpc) is 3.00. The first kappa shape index (κ1) is 14.6. The summed E-state index contributed by atoms with van der Waals surface area (Å²) in [6.07, 6.45) is 3.17. The number of carboxylic acids is 1. The van der Waals surface area contributed by atoms with Gasteiger partial charge in [0.15, 0.2) is 0 Å². The van der Waals surface area contributed by atoms with Gasteiger partial charge in [0.2, 0.25) is 0 Å². The number of hydrogen-bond donors (Lipinski definition) is 1. The molecule has 0 fully saturated rings. The van der Waals surface area contributed by atoms with Crippen LogP contribution in [0.3, 0.4) is 0 Å². The van der Waals surface area contributed by atoms with E-state index in [9.17, 15) is 4.79 Å². The first-order valence-electron chi connectivity index (χ1n) is 6.39. The van der Waals surface area contributed by atoms with E-state index in [0.29, 0.717) is 15.9 Å². The summed E-state index contributed by atoms with van der Waals surface area (Å²) in [6, 6.07) is 12.3. The number of carboxylic acid groups (broad SMARTS) is 1. The molecule has 4 nitrogen and oxygen atoms in total. The van der Waals surface area contributed by atoms with Gasteiger partial charge in [-0.15, -0.1) is 0 Å². The van der Waals surface area contributed by atoms with Crippen LogP contribution in [0.5, 0.6) is 0 Å². The van der Waals surface area contributed by atoms with Gasteiger partial charge in [0.25, 0.3) is 0 Å². The number of hydrogen-bond acceptors (Lipinski definition) is 2. The molecule has 6 heteroatoms. The van der Waals surface area contributed by atoms with E-state index in [1.54, 1.807) is 29.0 Å². The zero-order chi connectivity index (χ0) is 15.7. The maximum Gasteiger partial charge on any atom is 0.337 e. The van der Waals surface area contributed by atoms with Crippen LogP contribution in [0.15, 0.2) is 54.9 Å². The molecule has 0 aliphatic rings. The number of carbonyl (C=O) groups is 1. The van der Waals surface area contributed by atoms with E-state index >= 15 is 0 Å². The standard InChI is InChI=1S/C16H10Cl2N2O2/c17-12-5-4-10(8-13(12)18)14-2-1-3-15(19-14)20-7-6-11(9-20)16(21)22/h1-9H,(H,21,22). The molecule has 110 valence electrons. The second-order valence-corrected chi connectivity index (χ2v) is 5.44. The van der Waals surface area contributed by atoms with Gasteiger partial charge in [-0.2, -0.15) is 0 Å². The lowest BCUT2D eigenvalue weighted by molar-refractivity contribution is 0.0697. The largest absolute Gasteiger partial charge is 0.478 e. The summed E-state index contributed by atoms with van der Waals surface area (Å²) < 4.78 is 1.66. The number of benzene rings is 1. The van der Waals surface area contributed by atoms with Gasteiger partial charge in [-0.3, -0.25) is 0 Å². The first-order valence-corrected chi connectivity index (χ1v) is 7.14. The van der Waals surface area contributed by atoms with Crippen molar-refractivity contribution in [2.75, 3.05) is 0 Å². The molecule has 1 aromatic carbocycles. The Morgan fingerprint density at radius 1 is 1.09 bits per heavy atom. The lowest BCUT2D eigenvalue weighted by Crippen LogP contribution is -1.97. The minimum atomic E-state index is -0.973. The Morgan fingerprint density at radius 2 is 1.91 bits per heavy atom. The van der Waals surface area contributed by atoms with E-state index in [2.05, 4.69) is 4.98 Å². The number of rotatable bonds is 3. The molecule has 3 aromatic rings. The highest BCUT2D eigenvalue weighted by Crippen LogP contribution is 2.28. The number of pyridine rings is 1. The highest BCUT2D eigenvalue weighted by Gasteiger charge is 2.08. The first-order chi connectivity index (χ1) is 10.5. The van der Waals surface area contributed by atoms with Crippen molar-refractivity contribution < 1.29 is 9.90 Å². The van der Waals surface area contributed by atoms with Crippen molar-refractivity contribution in [2.24, 2.45) is 0 Å². The van der Waals surface area contributed by atoms with Crippen molar-refractivity contribution in [3.8, 4) is 17.1 Å². The Morgan fingerprint density at radius 3 is 2.59 bits per heavy atom. The molecule has 0 saturated carbocycles. The third kappa shape index (κ3) is 2.84. The van der Waals surface area contributed by atoms with E-state index in [1.807, 2.05) is 18.2 Å². The molecule has 0 aliphatic carbocycles. The molecule has 1 N–H and O–H groups in total. The summed E-state index contributed by atoms with van der Waals surface area (Å²) >= 11 is 11.9. The molecule has 0 atom stereocenters. The molecule has 0 unspecified atom stereocenters. The predicted molar refractivity (Wildman–Crippen MR) is 86.0 cm³/mol. The third-order valence-electron chi connectivity index (χ3n) is 3.15. The van der Waals surface area contributed by atoms with Crippen molar-refractivity contribution in [3.05, 3.63) is 70.5 Å². The summed E-state index contributed by atoms with van der Waals surface area (Å²) in [5.74, 6) is -0.351. The fourth-order valence-electron chi connectivity index (χ4n) is 2.05. The number of halogens is 2. The Bertz CT molecular complexity index is 859. The molecular formula is C16H10Cl2N2O2. The van der Waals surface area contributed by atoms with Crippen molar-refractivity contribution >= 4 is 29.2 Å². The summed E-state index contributed by atoms with van der Waals surface area (Å²) in [6.45, 7) is 0. The molecule has 0 amide bonds. The Balaban J connectivity index is 2.01. The minimum Gasteiger partial charge on any atom is -0.478 e. The average molecular weight is 333 g/mol. The molecule has 0 saturated heterocycles. The zero-order valence-corrected chi connectivity index (χ0v) is 12.7. The lowest BCUT2D eigenvalue weighted by Gasteiger charge is -2.06. The lowest BCUT2D eigenvalue weighted by atomic mass is 10.1. The minimum absolute atomic E-state index is 0.210. The van der Waals surface area contributed by atoms with Crippen molar-refractivity contribution in [2.45, 2.75) is 0 Å². The SMILES string of the molecule is O=C(O)c1ccn(-c2cccc(-c3ccc(Cl)c(Cl)c3)n2)c1. The summed E-state index contributed by atoms with van der Waals surface area (Å²) in [5.41, 5.74) is 1.77. The van der Waals surface area contributed by atoms with Crippen LogP contribution in [0.2, 0.25) is 10.0 Å². The highest BCUT2D eigenvalue weighted by molar-refractivity contribution is 6.42. The van der Waals surface area contributed by atoms with Crippen molar-refractivity contribution in [1.29, 1.82) is 0 Å². The summed E-state index contributed by atoms with van der Waals surface area (Å²) in [7, 11) is 0. The number of aromatic carboxylic acids is 1. The Labute approximate surface area is 136 Å². The summed E-state index contributed by atoms with van der Waals surface area (Å²) in [4.78, 5) is 15.5. The molecule has 0 bridgehead atoms. The molecule has 2 aromatic heterocycles. The van der Waals surface area contributed by atoms with Gasteiger partial charge >= 0.3 is 5.97 Å². The van der Waals surface area contributed by atoms with E-state index in [0.717, 1.165) is 11.3 Å². The van der Waals surface area contributed by atoms with Crippen LogP contribution in [0.4, 0.5) is 0 Å². The maximum absolute atomic E-state index is 10.9. The van der Waals surface area contributed by atoms with Gasteiger partial charge in [-0.05, 0) is 30.3 Å². The maximum atomic E-state index is 10.9. The molecule has 3 rings (SSSR count). The van der Waals surface area contributed by atoms with Crippen LogP contribution in [-0.2, 0) is 0 Å². The van der Waals surface area contributed by atoms with E-state index in [-0.39, 0.29) is 5.56 Å². The fraction of sp³-hybridized carbons (Fsp3) is 0. The number of aromatic nitrogens is 2. The second kappa shape index (κ2) is 5.83. The van der Waals surface area contributed by atoms with Crippen LogP contribution in [0.25, 0.3) is 17.1 Å². The van der Waals surface area contributed by atoms with Crippen LogP contribution >= 0.6 is 23.2 Å². The third-order valence-corrected chi connectivity index (χ3v) is 3.89. The molecule has 22 heavy (non-hydrogen) atoms. The van der Waals surface area contributed by atoms with E-state index < -0.39 is 5.97 Å². The van der Waals surface area contributed by atoms with Crippen LogP contribution in [0, 0.1) is 0 Å². The molecular weight excluding hydrogens is 323 g/mol. The van der Waals surface area contributed by atoms with Crippen LogP contribution in [0.1, 0.15) is 10.4 Å². The van der Waals surface area contributed by atoms with Gasteiger partial charge in [0, 0.05) is 18.0 Å². The van der Waals surface area contributed by atoms with Crippen LogP contribution in [-0.4, -0.2) is 20.6 Å². The molecule has 2 heterocycles. The molecule has 0 radical (unpaired) electrons. The van der Waals surface area contributed by atoms with Gasteiger partial charge in [-0.25, -0.2) is 9.78 Å². The van der Waals surface area contributed by atoms with Crippen molar-refractivity contribution in [1.82, 2.24) is 9.55 Å². The normalized spacial score (nSPS) is 10.6. The summed E-state index contributed by atoms with van der Waals surface area (Å²) in [5, 5.41) is 9.92. The molecule has 0 aliphatic heterocycles. The van der Waals surface area contributed by atoms with Crippen molar-refractivity contribution in [3.63, 3.8) is 0 Å². The predicted octanol–water partition coefficient (Wildman–Crippen LogP) is 4.54. The van der Waals surface area contributed by atoms with Gasteiger partial charge in [0.1, 0.15) is 5.82 Å². The fourth-order valence-corrected chi connectivity index (χ4v) is 2.35. The Kier molecular flexibility index (Phi) is 3.88. The second-order valence-electron chi connectivity index (χ2n) is 4.62. The highest BCUT2D eigenvalue weighted by atomic mass is 35.5. The van der Waals surface area contributed by atoms with E-state index in [4.69, 9.17) is 28.3 Å².